The Morgan fingerprint density at radius 2 is 2.21 bits per heavy atom. The highest BCUT2D eigenvalue weighted by Crippen LogP contribution is 2.27. The number of halogens is 3. The first-order chi connectivity index (χ1) is 6.44. The molecule has 0 bridgehead atoms. The van der Waals surface area contributed by atoms with Gasteiger partial charge in [0.25, 0.3) is 0 Å². The van der Waals surface area contributed by atoms with E-state index in [4.69, 9.17) is 5.11 Å². The molecule has 3 nitrogen and oxygen atoms in total. The first kappa shape index (κ1) is 11.0. The van der Waals surface area contributed by atoms with Crippen LogP contribution in [-0.4, -0.2) is 20.8 Å². The summed E-state index contributed by atoms with van der Waals surface area (Å²) in [7, 11) is 0. The fraction of sp³-hybridized carbons (Fsp3) is 0.625. The second kappa shape index (κ2) is 4.00. The SMILES string of the molecule is CC(CC(F)(F)F)n1cncc1CO. The molecule has 0 radical (unpaired) electrons. The highest BCUT2D eigenvalue weighted by molar-refractivity contribution is 4.98. The molecule has 0 aliphatic carbocycles. The Morgan fingerprint density at radius 1 is 1.57 bits per heavy atom. The monoisotopic (exact) mass is 208 g/mol. The van der Waals surface area contributed by atoms with E-state index in [0.717, 1.165) is 0 Å². The number of imidazole rings is 1. The molecule has 0 saturated heterocycles. The number of alkyl halides is 3. The molecular weight excluding hydrogens is 197 g/mol. The maximum Gasteiger partial charge on any atom is 0.391 e. The quantitative estimate of drug-likeness (QED) is 0.823. The fourth-order valence-electron chi connectivity index (χ4n) is 1.28. The van der Waals surface area contributed by atoms with Gasteiger partial charge in [-0.15, -0.1) is 0 Å². The molecule has 0 saturated carbocycles. The Balaban J connectivity index is 2.74. The Hall–Kier alpha value is -1.04. The van der Waals surface area contributed by atoms with Crippen LogP contribution in [0.1, 0.15) is 25.1 Å². The summed E-state index contributed by atoms with van der Waals surface area (Å²) in [6.07, 6.45) is -2.47. The minimum absolute atomic E-state index is 0.303. The van der Waals surface area contributed by atoms with Crippen LogP contribution in [0.5, 0.6) is 0 Å². The average molecular weight is 208 g/mol. The molecular formula is C8H11F3N2O. The second-order valence-electron chi connectivity index (χ2n) is 3.12. The van der Waals surface area contributed by atoms with Crippen molar-refractivity contribution in [1.82, 2.24) is 9.55 Å². The number of hydrogen-bond acceptors (Lipinski definition) is 2. The first-order valence-corrected chi connectivity index (χ1v) is 4.12. The number of nitrogens with zero attached hydrogens (tertiary/aromatic N) is 2. The number of aliphatic hydroxyl groups is 1. The van der Waals surface area contributed by atoms with Gasteiger partial charge in [0, 0.05) is 6.04 Å². The smallest absolute Gasteiger partial charge is 0.390 e. The van der Waals surface area contributed by atoms with Crippen LogP contribution in [0.3, 0.4) is 0 Å². The molecule has 1 rings (SSSR count). The van der Waals surface area contributed by atoms with Crippen LogP contribution in [0.2, 0.25) is 0 Å². The zero-order valence-corrected chi connectivity index (χ0v) is 7.62. The number of hydrogen-bond donors (Lipinski definition) is 1. The van der Waals surface area contributed by atoms with Crippen molar-refractivity contribution in [3.8, 4) is 0 Å². The molecule has 0 amide bonds. The summed E-state index contributed by atoms with van der Waals surface area (Å²) >= 11 is 0. The second-order valence-corrected chi connectivity index (χ2v) is 3.12. The molecule has 80 valence electrons. The molecule has 0 aliphatic heterocycles. The van der Waals surface area contributed by atoms with E-state index in [2.05, 4.69) is 4.98 Å². The van der Waals surface area contributed by atoms with E-state index >= 15 is 0 Å². The van der Waals surface area contributed by atoms with Crippen molar-refractivity contribution >= 4 is 0 Å². The van der Waals surface area contributed by atoms with E-state index in [0.29, 0.717) is 5.69 Å². The number of rotatable bonds is 3. The lowest BCUT2D eigenvalue weighted by molar-refractivity contribution is -0.141. The lowest BCUT2D eigenvalue weighted by atomic mass is 10.2. The highest BCUT2D eigenvalue weighted by Gasteiger charge is 2.31. The molecule has 1 aromatic rings. The minimum atomic E-state index is -4.20. The fourth-order valence-corrected chi connectivity index (χ4v) is 1.28. The van der Waals surface area contributed by atoms with E-state index in [-0.39, 0.29) is 6.61 Å². The zero-order valence-electron chi connectivity index (χ0n) is 7.62. The Bertz CT molecular complexity index is 295. The van der Waals surface area contributed by atoms with Gasteiger partial charge in [0.2, 0.25) is 0 Å². The van der Waals surface area contributed by atoms with Crippen molar-refractivity contribution in [2.24, 2.45) is 0 Å². The van der Waals surface area contributed by atoms with Crippen LogP contribution < -0.4 is 0 Å². The van der Waals surface area contributed by atoms with Gasteiger partial charge in [-0.05, 0) is 6.92 Å². The molecule has 6 heteroatoms. The van der Waals surface area contributed by atoms with Crippen LogP contribution in [0.4, 0.5) is 13.2 Å². The van der Waals surface area contributed by atoms with Crippen molar-refractivity contribution in [2.45, 2.75) is 32.2 Å². The molecule has 14 heavy (non-hydrogen) atoms. The first-order valence-electron chi connectivity index (χ1n) is 4.12. The Morgan fingerprint density at radius 3 is 2.71 bits per heavy atom. The normalized spacial score (nSPS) is 14.4. The highest BCUT2D eigenvalue weighted by atomic mass is 19.4. The largest absolute Gasteiger partial charge is 0.391 e. The molecule has 0 aromatic carbocycles. The van der Waals surface area contributed by atoms with Crippen molar-refractivity contribution in [2.75, 3.05) is 0 Å². The molecule has 1 N–H and O–H groups in total. The van der Waals surface area contributed by atoms with E-state index in [9.17, 15) is 13.2 Å². The third-order valence-corrected chi connectivity index (χ3v) is 1.91. The van der Waals surface area contributed by atoms with Crippen molar-refractivity contribution < 1.29 is 18.3 Å². The predicted octanol–water partition coefficient (Wildman–Crippen LogP) is 1.89. The predicted molar refractivity (Wildman–Crippen MR) is 43.5 cm³/mol. The van der Waals surface area contributed by atoms with Gasteiger partial charge in [-0.25, -0.2) is 4.98 Å². The minimum Gasteiger partial charge on any atom is -0.390 e. The van der Waals surface area contributed by atoms with Crippen LogP contribution in [-0.2, 0) is 6.61 Å². The molecule has 1 atom stereocenters. The summed E-state index contributed by atoms with van der Waals surface area (Å²) < 4.78 is 37.4. The Kier molecular flexibility index (Phi) is 3.15. The Labute approximate surface area is 79.2 Å². The summed E-state index contributed by atoms with van der Waals surface area (Å²) in [6.45, 7) is 1.14. The topological polar surface area (TPSA) is 38.0 Å². The summed E-state index contributed by atoms with van der Waals surface area (Å²) in [5.74, 6) is 0. The van der Waals surface area contributed by atoms with Gasteiger partial charge < -0.3 is 9.67 Å². The van der Waals surface area contributed by atoms with Gasteiger partial charge in [0.15, 0.2) is 0 Å². The summed E-state index contributed by atoms with van der Waals surface area (Å²) in [5, 5.41) is 8.81. The van der Waals surface area contributed by atoms with E-state index < -0.39 is 18.6 Å². The van der Waals surface area contributed by atoms with Crippen molar-refractivity contribution in [3.63, 3.8) is 0 Å². The summed E-state index contributed by atoms with van der Waals surface area (Å²) in [4.78, 5) is 3.68. The lowest BCUT2D eigenvalue weighted by Gasteiger charge is -2.17. The van der Waals surface area contributed by atoms with Gasteiger partial charge in [-0.1, -0.05) is 0 Å². The average Bonchev–Trinajstić information content (AvgIpc) is 2.47. The van der Waals surface area contributed by atoms with E-state index in [1.807, 2.05) is 0 Å². The summed E-state index contributed by atoms with van der Waals surface area (Å²) in [6, 6.07) is -0.736. The van der Waals surface area contributed by atoms with Gasteiger partial charge in [0.1, 0.15) is 0 Å². The summed E-state index contributed by atoms with van der Waals surface area (Å²) in [5.41, 5.74) is 0.391. The number of aromatic nitrogens is 2. The molecule has 1 heterocycles. The van der Waals surface area contributed by atoms with Crippen LogP contribution in [0.15, 0.2) is 12.5 Å². The molecule has 0 spiro atoms. The lowest BCUT2D eigenvalue weighted by Crippen LogP contribution is -2.17. The van der Waals surface area contributed by atoms with Crippen LogP contribution >= 0.6 is 0 Å². The maximum atomic E-state index is 12.0. The molecule has 1 aromatic heterocycles. The molecule has 1 unspecified atom stereocenters. The van der Waals surface area contributed by atoms with Gasteiger partial charge >= 0.3 is 6.18 Å². The van der Waals surface area contributed by atoms with E-state index in [1.165, 1.54) is 24.0 Å². The van der Waals surface area contributed by atoms with Crippen molar-refractivity contribution in [1.29, 1.82) is 0 Å². The maximum absolute atomic E-state index is 12.0. The van der Waals surface area contributed by atoms with Crippen LogP contribution in [0, 0.1) is 0 Å². The molecule has 0 aliphatic rings. The van der Waals surface area contributed by atoms with Crippen LogP contribution in [0.25, 0.3) is 0 Å². The van der Waals surface area contributed by atoms with E-state index in [1.54, 1.807) is 0 Å². The zero-order chi connectivity index (χ0) is 10.8. The van der Waals surface area contributed by atoms with Gasteiger partial charge in [-0.3, -0.25) is 0 Å². The third-order valence-electron chi connectivity index (χ3n) is 1.91. The third kappa shape index (κ3) is 2.73. The van der Waals surface area contributed by atoms with Gasteiger partial charge in [-0.2, -0.15) is 13.2 Å². The van der Waals surface area contributed by atoms with Crippen molar-refractivity contribution in [3.05, 3.63) is 18.2 Å². The van der Waals surface area contributed by atoms with Gasteiger partial charge in [0.05, 0.1) is 31.2 Å². The molecule has 0 fully saturated rings. The standard InChI is InChI=1S/C8H11F3N2O/c1-6(2-8(9,10)11)13-5-12-3-7(13)4-14/h3,5-6,14H,2,4H2,1H3. The number of aliphatic hydroxyl groups excluding tert-OH is 1.